The first-order valence-corrected chi connectivity index (χ1v) is 6.76. The van der Waals surface area contributed by atoms with Crippen molar-refractivity contribution in [1.29, 1.82) is 0 Å². The Kier molecular flexibility index (Phi) is 4.62. The number of nitrogens with one attached hydrogen (secondary N) is 1. The fraction of sp³-hybridized carbons (Fsp3) is 0.231. The van der Waals surface area contributed by atoms with Crippen LogP contribution in [-0.2, 0) is 6.54 Å². The lowest BCUT2D eigenvalue weighted by atomic mass is 10.3. The van der Waals surface area contributed by atoms with Gasteiger partial charge in [0.05, 0.1) is 16.9 Å². The second-order valence-corrected chi connectivity index (χ2v) is 4.94. The molecule has 1 aromatic carbocycles. The first-order chi connectivity index (χ1) is 9.52. The van der Waals surface area contributed by atoms with E-state index in [0.29, 0.717) is 17.9 Å². The van der Waals surface area contributed by atoms with Crippen molar-refractivity contribution in [2.75, 3.05) is 5.32 Å². The van der Waals surface area contributed by atoms with Gasteiger partial charge in [0.25, 0.3) is 5.56 Å². The predicted octanol–water partition coefficient (Wildman–Crippen LogP) is 3.84. The standard InChI is InChI=1S/C13H12Cl2FN3O/c1-2-5-19-13(20)12(15)11(7-17-19)18-8-3-4-10(16)9(14)6-8/h3-4,6-7,18H,2,5H2,1H3. The predicted molar refractivity (Wildman–Crippen MR) is 78.5 cm³/mol. The van der Waals surface area contributed by atoms with Crippen LogP contribution >= 0.6 is 23.2 Å². The van der Waals surface area contributed by atoms with E-state index in [9.17, 15) is 9.18 Å². The topological polar surface area (TPSA) is 46.9 Å². The summed E-state index contributed by atoms with van der Waals surface area (Å²) in [7, 11) is 0. The molecule has 0 saturated carbocycles. The van der Waals surface area contributed by atoms with Crippen LogP contribution in [-0.4, -0.2) is 9.78 Å². The molecule has 2 aromatic rings. The summed E-state index contributed by atoms with van der Waals surface area (Å²) in [4.78, 5) is 11.9. The van der Waals surface area contributed by atoms with Crippen molar-refractivity contribution >= 4 is 34.6 Å². The van der Waals surface area contributed by atoms with Gasteiger partial charge in [-0.15, -0.1) is 0 Å². The minimum Gasteiger partial charge on any atom is -0.353 e. The summed E-state index contributed by atoms with van der Waals surface area (Å²) in [5.74, 6) is -0.514. The Morgan fingerprint density at radius 1 is 1.40 bits per heavy atom. The zero-order valence-corrected chi connectivity index (χ0v) is 12.2. The van der Waals surface area contributed by atoms with Crippen LogP contribution in [0.15, 0.2) is 29.2 Å². The van der Waals surface area contributed by atoms with Gasteiger partial charge in [-0.25, -0.2) is 9.07 Å². The molecular weight excluding hydrogens is 304 g/mol. The number of nitrogens with zero attached hydrogens (tertiary/aromatic N) is 2. The van der Waals surface area contributed by atoms with E-state index in [-0.39, 0.29) is 15.6 Å². The van der Waals surface area contributed by atoms with Crippen LogP contribution in [0.1, 0.15) is 13.3 Å². The van der Waals surface area contributed by atoms with E-state index < -0.39 is 5.82 Å². The minimum atomic E-state index is -0.514. The minimum absolute atomic E-state index is 0.0154. The first-order valence-electron chi connectivity index (χ1n) is 6.00. The van der Waals surface area contributed by atoms with Crippen LogP contribution in [0.5, 0.6) is 0 Å². The van der Waals surface area contributed by atoms with Crippen molar-refractivity contribution in [2.24, 2.45) is 0 Å². The quantitative estimate of drug-likeness (QED) is 0.932. The van der Waals surface area contributed by atoms with Crippen molar-refractivity contribution < 1.29 is 4.39 Å². The number of hydrogen-bond acceptors (Lipinski definition) is 3. The fourth-order valence-corrected chi connectivity index (χ4v) is 2.03. The van der Waals surface area contributed by atoms with E-state index in [0.717, 1.165) is 6.42 Å². The Bertz CT molecular complexity index is 688. The maximum atomic E-state index is 13.1. The summed E-state index contributed by atoms with van der Waals surface area (Å²) in [5.41, 5.74) is 0.506. The zero-order chi connectivity index (χ0) is 14.7. The van der Waals surface area contributed by atoms with Crippen molar-refractivity contribution in [1.82, 2.24) is 9.78 Å². The Labute approximate surface area is 125 Å². The molecule has 0 unspecified atom stereocenters. The highest BCUT2D eigenvalue weighted by atomic mass is 35.5. The zero-order valence-electron chi connectivity index (χ0n) is 10.7. The Morgan fingerprint density at radius 2 is 2.15 bits per heavy atom. The molecule has 0 amide bonds. The van der Waals surface area contributed by atoms with Crippen molar-refractivity contribution in [3.63, 3.8) is 0 Å². The highest BCUT2D eigenvalue weighted by Gasteiger charge is 2.10. The summed E-state index contributed by atoms with van der Waals surface area (Å²) in [5, 5.41) is 6.93. The molecule has 0 atom stereocenters. The number of anilines is 2. The van der Waals surface area contributed by atoms with E-state index in [1.807, 2.05) is 6.92 Å². The fourth-order valence-electron chi connectivity index (χ4n) is 1.65. The normalized spacial score (nSPS) is 10.6. The van der Waals surface area contributed by atoms with Crippen molar-refractivity contribution in [3.8, 4) is 0 Å². The van der Waals surface area contributed by atoms with Gasteiger partial charge in [0.2, 0.25) is 0 Å². The third kappa shape index (κ3) is 3.11. The monoisotopic (exact) mass is 315 g/mol. The average molecular weight is 316 g/mol. The highest BCUT2D eigenvalue weighted by molar-refractivity contribution is 6.33. The van der Waals surface area contributed by atoms with Gasteiger partial charge in [-0.3, -0.25) is 4.79 Å². The molecule has 20 heavy (non-hydrogen) atoms. The smallest absolute Gasteiger partial charge is 0.287 e. The SMILES string of the molecule is CCCn1ncc(Nc2ccc(F)c(Cl)c2)c(Cl)c1=O. The number of hydrogen-bond donors (Lipinski definition) is 1. The molecule has 0 fully saturated rings. The second-order valence-electron chi connectivity index (χ2n) is 4.15. The van der Waals surface area contributed by atoms with Crippen LogP contribution in [0.4, 0.5) is 15.8 Å². The highest BCUT2D eigenvalue weighted by Crippen LogP contribution is 2.25. The molecule has 0 aliphatic rings. The molecule has 1 N–H and O–H groups in total. The van der Waals surface area contributed by atoms with Crippen LogP contribution in [0.2, 0.25) is 10.0 Å². The molecular formula is C13H12Cl2FN3O. The summed E-state index contributed by atoms with van der Waals surface area (Å²) in [6.07, 6.45) is 2.24. The number of benzene rings is 1. The lowest BCUT2D eigenvalue weighted by molar-refractivity contribution is 0.569. The molecule has 106 valence electrons. The molecule has 1 heterocycles. The van der Waals surface area contributed by atoms with E-state index >= 15 is 0 Å². The number of rotatable bonds is 4. The Morgan fingerprint density at radius 3 is 2.80 bits per heavy atom. The summed E-state index contributed by atoms with van der Waals surface area (Å²) in [6, 6.07) is 4.13. The lowest BCUT2D eigenvalue weighted by Gasteiger charge is -2.10. The largest absolute Gasteiger partial charge is 0.353 e. The van der Waals surface area contributed by atoms with Crippen LogP contribution in [0, 0.1) is 5.82 Å². The van der Waals surface area contributed by atoms with Crippen molar-refractivity contribution in [3.05, 3.63) is 50.6 Å². The molecule has 2 rings (SSSR count). The summed E-state index contributed by atoms with van der Waals surface area (Å²) < 4.78 is 14.4. The Hall–Kier alpha value is -1.59. The molecule has 0 saturated heterocycles. The van der Waals surface area contributed by atoms with Crippen LogP contribution in [0.3, 0.4) is 0 Å². The molecule has 0 spiro atoms. The summed E-state index contributed by atoms with van der Waals surface area (Å²) in [6.45, 7) is 2.44. The van der Waals surface area contributed by atoms with Gasteiger partial charge in [0, 0.05) is 12.2 Å². The van der Waals surface area contributed by atoms with E-state index in [2.05, 4.69) is 10.4 Å². The number of aromatic nitrogens is 2. The maximum Gasteiger partial charge on any atom is 0.287 e. The number of aryl methyl sites for hydroxylation is 1. The Balaban J connectivity index is 2.32. The van der Waals surface area contributed by atoms with E-state index in [4.69, 9.17) is 23.2 Å². The van der Waals surface area contributed by atoms with E-state index in [1.54, 1.807) is 0 Å². The lowest BCUT2D eigenvalue weighted by Crippen LogP contribution is -2.23. The third-order valence-electron chi connectivity index (χ3n) is 2.62. The molecule has 0 radical (unpaired) electrons. The molecule has 4 nitrogen and oxygen atoms in total. The molecule has 0 bridgehead atoms. The second kappa shape index (κ2) is 6.24. The molecule has 0 aliphatic heterocycles. The van der Waals surface area contributed by atoms with Gasteiger partial charge in [-0.05, 0) is 24.6 Å². The van der Waals surface area contributed by atoms with Gasteiger partial charge < -0.3 is 5.32 Å². The maximum absolute atomic E-state index is 13.1. The van der Waals surface area contributed by atoms with Gasteiger partial charge in [0.1, 0.15) is 10.8 Å². The molecule has 7 heteroatoms. The van der Waals surface area contributed by atoms with Gasteiger partial charge in [-0.1, -0.05) is 30.1 Å². The van der Waals surface area contributed by atoms with Gasteiger partial charge in [0.15, 0.2) is 0 Å². The van der Waals surface area contributed by atoms with Crippen LogP contribution < -0.4 is 10.9 Å². The molecule has 1 aromatic heterocycles. The van der Waals surface area contributed by atoms with Gasteiger partial charge >= 0.3 is 0 Å². The average Bonchev–Trinajstić information content (AvgIpc) is 2.42. The third-order valence-corrected chi connectivity index (χ3v) is 3.27. The number of halogens is 3. The molecule has 0 aliphatic carbocycles. The van der Waals surface area contributed by atoms with E-state index in [1.165, 1.54) is 29.1 Å². The summed E-state index contributed by atoms with van der Waals surface area (Å²) >= 11 is 11.7. The first kappa shape index (κ1) is 14.8. The van der Waals surface area contributed by atoms with Crippen LogP contribution in [0.25, 0.3) is 0 Å². The van der Waals surface area contributed by atoms with Crippen molar-refractivity contribution in [2.45, 2.75) is 19.9 Å². The van der Waals surface area contributed by atoms with Gasteiger partial charge in [-0.2, -0.15) is 5.10 Å².